The molecule has 138 valence electrons. The third-order valence-electron chi connectivity index (χ3n) is 4.45. The fourth-order valence-electron chi connectivity index (χ4n) is 2.78. The molecule has 0 saturated heterocycles. The SMILES string of the molecule is CC(C(=O)O)N(CC(=O)NCc1ccc(-c2ccc(Cl)cc2)o1)C1CC1. The summed E-state index contributed by atoms with van der Waals surface area (Å²) in [6.07, 6.45) is 1.88. The number of hydrogen-bond donors (Lipinski definition) is 2. The zero-order valence-corrected chi connectivity index (χ0v) is 15.2. The van der Waals surface area contributed by atoms with Crippen LogP contribution in [0.15, 0.2) is 40.8 Å². The van der Waals surface area contributed by atoms with E-state index in [-0.39, 0.29) is 25.0 Å². The first-order valence-corrected chi connectivity index (χ1v) is 8.91. The van der Waals surface area contributed by atoms with Crippen LogP contribution in [0.5, 0.6) is 0 Å². The van der Waals surface area contributed by atoms with Crippen LogP contribution >= 0.6 is 11.6 Å². The van der Waals surface area contributed by atoms with E-state index in [0.29, 0.717) is 16.5 Å². The highest BCUT2D eigenvalue weighted by molar-refractivity contribution is 6.30. The highest BCUT2D eigenvalue weighted by atomic mass is 35.5. The first-order valence-electron chi connectivity index (χ1n) is 8.54. The van der Waals surface area contributed by atoms with Crippen LogP contribution in [0.25, 0.3) is 11.3 Å². The second-order valence-electron chi connectivity index (χ2n) is 6.47. The minimum atomic E-state index is -0.914. The number of nitrogens with one attached hydrogen (secondary N) is 1. The third kappa shape index (κ3) is 4.65. The molecular formula is C19H21ClN2O4. The molecule has 1 atom stereocenters. The summed E-state index contributed by atoms with van der Waals surface area (Å²) < 4.78 is 5.74. The molecule has 1 saturated carbocycles. The van der Waals surface area contributed by atoms with Gasteiger partial charge in [0.2, 0.25) is 5.91 Å². The van der Waals surface area contributed by atoms with E-state index >= 15 is 0 Å². The lowest BCUT2D eigenvalue weighted by molar-refractivity contribution is -0.143. The Hall–Kier alpha value is -2.31. The highest BCUT2D eigenvalue weighted by Crippen LogP contribution is 2.28. The number of benzene rings is 1. The van der Waals surface area contributed by atoms with Gasteiger partial charge in [-0.3, -0.25) is 14.5 Å². The predicted molar refractivity (Wildman–Crippen MR) is 97.8 cm³/mol. The molecule has 1 aromatic carbocycles. The first kappa shape index (κ1) is 18.5. The van der Waals surface area contributed by atoms with Crippen molar-refractivity contribution in [2.24, 2.45) is 0 Å². The van der Waals surface area contributed by atoms with Crippen LogP contribution in [0.4, 0.5) is 0 Å². The minimum Gasteiger partial charge on any atom is -0.480 e. The van der Waals surface area contributed by atoms with Crippen LogP contribution in [0.1, 0.15) is 25.5 Å². The van der Waals surface area contributed by atoms with Crippen molar-refractivity contribution in [3.8, 4) is 11.3 Å². The van der Waals surface area contributed by atoms with Crippen LogP contribution in [-0.4, -0.2) is 40.5 Å². The van der Waals surface area contributed by atoms with Crippen molar-refractivity contribution in [3.05, 3.63) is 47.2 Å². The Morgan fingerprint density at radius 3 is 2.58 bits per heavy atom. The van der Waals surface area contributed by atoms with Gasteiger partial charge in [-0.25, -0.2) is 0 Å². The number of rotatable bonds is 8. The number of carbonyl (C=O) groups excluding carboxylic acids is 1. The highest BCUT2D eigenvalue weighted by Gasteiger charge is 2.36. The second-order valence-corrected chi connectivity index (χ2v) is 6.90. The van der Waals surface area contributed by atoms with Crippen molar-refractivity contribution in [2.45, 2.75) is 38.4 Å². The number of amides is 1. The summed E-state index contributed by atoms with van der Waals surface area (Å²) in [6, 6.07) is 10.5. The maximum absolute atomic E-state index is 12.2. The molecule has 1 heterocycles. The van der Waals surface area contributed by atoms with Gasteiger partial charge in [-0.2, -0.15) is 0 Å². The molecular weight excluding hydrogens is 356 g/mol. The molecule has 1 aromatic heterocycles. The molecule has 7 heteroatoms. The molecule has 1 aliphatic rings. The summed E-state index contributed by atoms with van der Waals surface area (Å²) in [4.78, 5) is 25.1. The van der Waals surface area contributed by atoms with Gasteiger partial charge in [-0.05, 0) is 56.2 Å². The molecule has 1 amide bonds. The molecule has 0 bridgehead atoms. The van der Waals surface area contributed by atoms with Crippen molar-refractivity contribution in [1.82, 2.24) is 10.2 Å². The van der Waals surface area contributed by atoms with Crippen LogP contribution in [0.3, 0.4) is 0 Å². The average molecular weight is 377 g/mol. The van der Waals surface area contributed by atoms with Gasteiger partial charge in [0.1, 0.15) is 17.6 Å². The van der Waals surface area contributed by atoms with Crippen molar-refractivity contribution in [1.29, 1.82) is 0 Å². The molecule has 26 heavy (non-hydrogen) atoms. The Kier molecular flexibility index (Phi) is 5.64. The minimum absolute atomic E-state index is 0.0723. The van der Waals surface area contributed by atoms with Gasteiger partial charge in [-0.1, -0.05) is 11.6 Å². The van der Waals surface area contributed by atoms with Crippen LogP contribution in [0, 0.1) is 0 Å². The van der Waals surface area contributed by atoms with E-state index in [1.165, 1.54) is 0 Å². The Bertz CT molecular complexity index is 783. The number of halogens is 1. The summed E-state index contributed by atoms with van der Waals surface area (Å²) in [7, 11) is 0. The molecule has 3 rings (SSSR count). The van der Waals surface area contributed by atoms with Gasteiger partial charge in [0.15, 0.2) is 0 Å². The van der Waals surface area contributed by atoms with E-state index in [4.69, 9.17) is 16.0 Å². The number of carboxylic acids is 1. The van der Waals surface area contributed by atoms with E-state index in [0.717, 1.165) is 18.4 Å². The van der Waals surface area contributed by atoms with Gasteiger partial charge in [0.25, 0.3) is 0 Å². The Labute approximate surface area is 156 Å². The van der Waals surface area contributed by atoms with Crippen molar-refractivity contribution < 1.29 is 19.1 Å². The van der Waals surface area contributed by atoms with Gasteiger partial charge >= 0.3 is 5.97 Å². The lowest BCUT2D eigenvalue weighted by atomic mass is 10.2. The number of aliphatic carboxylic acids is 1. The average Bonchev–Trinajstić information content (AvgIpc) is 3.35. The lowest BCUT2D eigenvalue weighted by Gasteiger charge is -2.25. The Balaban J connectivity index is 1.54. The molecule has 2 N–H and O–H groups in total. The number of carbonyl (C=O) groups is 2. The van der Waals surface area contributed by atoms with E-state index < -0.39 is 12.0 Å². The fraction of sp³-hybridized carbons (Fsp3) is 0.368. The molecule has 1 unspecified atom stereocenters. The summed E-state index contributed by atoms with van der Waals surface area (Å²) >= 11 is 5.88. The molecule has 0 spiro atoms. The standard InChI is InChI=1S/C19H21ClN2O4/c1-12(19(24)25)22(15-6-7-15)11-18(23)21-10-16-8-9-17(26-16)13-2-4-14(20)5-3-13/h2-5,8-9,12,15H,6-7,10-11H2,1H3,(H,21,23)(H,24,25). The largest absolute Gasteiger partial charge is 0.480 e. The Morgan fingerprint density at radius 1 is 1.27 bits per heavy atom. The van der Waals surface area contributed by atoms with Gasteiger partial charge in [0, 0.05) is 16.6 Å². The van der Waals surface area contributed by atoms with Gasteiger partial charge in [0.05, 0.1) is 13.1 Å². The van der Waals surface area contributed by atoms with Crippen molar-refractivity contribution >= 4 is 23.5 Å². The van der Waals surface area contributed by atoms with Crippen LogP contribution in [0.2, 0.25) is 5.02 Å². The van der Waals surface area contributed by atoms with Crippen LogP contribution < -0.4 is 5.32 Å². The van der Waals surface area contributed by atoms with Gasteiger partial charge < -0.3 is 14.8 Å². The number of furan rings is 1. The summed E-state index contributed by atoms with van der Waals surface area (Å²) in [5, 5.41) is 12.6. The fourth-order valence-corrected chi connectivity index (χ4v) is 2.91. The van der Waals surface area contributed by atoms with Crippen molar-refractivity contribution in [2.75, 3.05) is 6.54 Å². The van der Waals surface area contributed by atoms with Gasteiger partial charge in [-0.15, -0.1) is 0 Å². The monoisotopic (exact) mass is 376 g/mol. The maximum Gasteiger partial charge on any atom is 0.320 e. The molecule has 6 nitrogen and oxygen atoms in total. The first-order chi connectivity index (χ1) is 12.4. The normalized spacial score (nSPS) is 15.0. The quantitative estimate of drug-likeness (QED) is 0.739. The van der Waals surface area contributed by atoms with E-state index in [9.17, 15) is 14.7 Å². The van der Waals surface area contributed by atoms with E-state index in [1.54, 1.807) is 24.0 Å². The van der Waals surface area contributed by atoms with Crippen LogP contribution in [-0.2, 0) is 16.1 Å². The molecule has 0 radical (unpaired) electrons. The zero-order chi connectivity index (χ0) is 18.7. The maximum atomic E-state index is 12.2. The molecule has 0 aliphatic heterocycles. The number of carboxylic acid groups (broad SMARTS) is 1. The van der Waals surface area contributed by atoms with Crippen molar-refractivity contribution in [3.63, 3.8) is 0 Å². The number of nitrogens with zero attached hydrogens (tertiary/aromatic N) is 1. The summed E-state index contributed by atoms with van der Waals surface area (Å²) in [6.45, 7) is 1.94. The zero-order valence-electron chi connectivity index (χ0n) is 14.4. The summed E-state index contributed by atoms with van der Waals surface area (Å²) in [5.74, 6) is 0.204. The molecule has 2 aromatic rings. The molecule has 1 fully saturated rings. The van der Waals surface area contributed by atoms with E-state index in [1.807, 2.05) is 24.3 Å². The summed E-state index contributed by atoms with van der Waals surface area (Å²) in [5.41, 5.74) is 0.905. The predicted octanol–water partition coefficient (Wildman–Crippen LogP) is 3.15. The Morgan fingerprint density at radius 2 is 1.96 bits per heavy atom. The third-order valence-corrected chi connectivity index (χ3v) is 4.70. The lowest BCUT2D eigenvalue weighted by Crippen LogP contribution is -2.46. The topological polar surface area (TPSA) is 82.8 Å². The number of hydrogen-bond acceptors (Lipinski definition) is 4. The second kappa shape index (κ2) is 7.93. The van der Waals surface area contributed by atoms with E-state index in [2.05, 4.69) is 5.32 Å². The smallest absolute Gasteiger partial charge is 0.320 e. The molecule has 1 aliphatic carbocycles.